The number of aromatic amines is 1. The van der Waals surface area contributed by atoms with Crippen LogP contribution in [0.2, 0.25) is 0 Å². The number of carbonyl (C=O) groups is 1. The molecule has 0 atom stereocenters. The molecule has 0 radical (unpaired) electrons. The molecule has 0 amide bonds. The van der Waals surface area contributed by atoms with Crippen LogP contribution in [0.1, 0.15) is 33.6 Å². The van der Waals surface area contributed by atoms with E-state index in [0.717, 1.165) is 66.7 Å². The summed E-state index contributed by atoms with van der Waals surface area (Å²) < 4.78 is 14.0. The number of ether oxygens (including phenoxy) is 2. The number of unbranched alkanes of at least 4 members (excludes halogenated alkanes) is 1. The average molecular weight is 584 g/mol. The number of thiophene rings is 1. The van der Waals surface area contributed by atoms with Gasteiger partial charge in [0.15, 0.2) is 0 Å². The van der Waals surface area contributed by atoms with E-state index in [9.17, 15) is 9.59 Å². The Bertz CT molecular complexity index is 1500. The molecule has 1 N–H and O–H groups in total. The second-order valence-electron chi connectivity index (χ2n) is 11.5. The van der Waals surface area contributed by atoms with Gasteiger partial charge in [0, 0.05) is 27.9 Å². The van der Waals surface area contributed by atoms with Crippen LogP contribution in [0.5, 0.6) is 5.75 Å². The number of quaternary nitrogens is 1. The molecule has 0 bridgehead atoms. The lowest BCUT2D eigenvalue weighted by Crippen LogP contribution is -3.00. The number of halogens is 1. The molecule has 2 aromatic heterocycles. The summed E-state index contributed by atoms with van der Waals surface area (Å²) in [6.07, 6.45) is 1.87. The number of anilines is 1. The molecule has 1 aliphatic rings. The van der Waals surface area contributed by atoms with Gasteiger partial charge in [-0.3, -0.25) is 14.1 Å². The normalized spacial score (nSPS) is 15.1. The van der Waals surface area contributed by atoms with Gasteiger partial charge in [0.2, 0.25) is 12.3 Å². The summed E-state index contributed by atoms with van der Waals surface area (Å²) in [6, 6.07) is 17.9. The standard InChI is InChI=1S/C31H37N3O4S.ClH/c1-31(2,3)30(36)38-22-34(17-14-33(15-18-34)27-7-6-8-28-25(27)13-20-39-28)16-4-5-19-37-24-11-9-23-10-12-29(35)32-26(23)21-24;/h6-13,20-21H,4-5,14-19,22H2,1-3H3;1H. The fourth-order valence-electron chi connectivity index (χ4n) is 5.17. The molecule has 4 aromatic rings. The number of aromatic nitrogens is 1. The lowest BCUT2D eigenvalue weighted by Gasteiger charge is -2.45. The number of hydrogen-bond acceptors (Lipinski definition) is 6. The number of nitrogens with zero attached hydrogens (tertiary/aromatic N) is 2. The summed E-state index contributed by atoms with van der Waals surface area (Å²) in [6.45, 7) is 11.3. The van der Waals surface area contributed by atoms with Crippen molar-refractivity contribution >= 4 is 44.0 Å². The maximum atomic E-state index is 12.6. The smallest absolute Gasteiger partial charge is 0.315 e. The molecule has 1 aliphatic heterocycles. The minimum absolute atomic E-state index is 0. The molecule has 2 aromatic carbocycles. The predicted octanol–water partition coefficient (Wildman–Crippen LogP) is 2.79. The van der Waals surface area contributed by atoms with Crippen LogP contribution in [0.4, 0.5) is 5.69 Å². The average Bonchev–Trinajstić information content (AvgIpc) is 3.41. The van der Waals surface area contributed by atoms with Gasteiger partial charge in [0.25, 0.3) is 0 Å². The first-order valence-electron chi connectivity index (χ1n) is 13.7. The van der Waals surface area contributed by atoms with Crippen LogP contribution in [0, 0.1) is 5.41 Å². The number of nitrogens with one attached hydrogen (secondary N) is 1. The Balaban J connectivity index is 0.00000370. The van der Waals surface area contributed by atoms with E-state index in [1.165, 1.54) is 21.8 Å². The minimum Gasteiger partial charge on any atom is -1.00 e. The molecule has 0 aliphatic carbocycles. The Morgan fingerprint density at radius 3 is 2.60 bits per heavy atom. The maximum absolute atomic E-state index is 12.6. The molecule has 7 nitrogen and oxygen atoms in total. The van der Waals surface area contributed by atoms with Crippen LogP contribution in [0.15, 0.2) is 64.8 Å². The number of pyridine rings is 1. The van der Waals surface area contributed by atoms with Crippen LogP contribution in [0.25, 0.3) is 21.0 Å². The fourth-order valence-corrected chi connectivity index (χ4v) is 5.98. The van der Waals surface area contributed by atoms with E-state index in [1.807, 2.05) is 45.0 Å². The van der Waals surface area contributed by atoms with E-state index in [2.05, 4.69) is 39.5 Å². The molecule has 5 rings (SSSR count). The van der Waals surface area contributed by atoms with Crippen LogP contribution in [-0.4, -0.2) is 61.5 Å². The molecule has 9 heteroatoms. The van der Waals surface area contributed by atoms with Gasteiger partial charge in [-0.15, -0.1) is 11.3 Å². The van der Waals surface area contributed by atoms with Crippen LogP contribution < -0.4 is 27.6 Å². The molecular formula is C31H38ClN3O4S. The van der Waals surface area contributed by atoms with E-state index in [4.69, 9.17) is 9.47 Å². The fraction of sp³-hybridized carbons (Fsp3) is 0.419. The largest absolute Gasteiger partial charge is 1.00 e. The van der Waals surface area contributed by atoms with Gasteiger partial charge in [0.1, 0.15) is 5.75 Å². The number of fused-ring (bicyclic) bond motifs is 2. The highest BCUT2D eigenvalue weighted by atomic mass is 35.5. The Kier molecular flexibility index (Phi) is 9.44. The lowest BCUT2D eigenvalue weighted by atomic mass is 9.97. The van der Waals surface area contributed by atoms with Crippen molar-refractivity contribution in [2.45, 2.75) is 33.6 Å². The summed E-state index contributed by atoms with van der Waals surface area (Å²) in [5.41, 5.74) is 1.44. The van der Waals surface area contributed by atoms with Gasteiger partial charge < -0.3 is 31.8 Å². The number of H-pyrrole nitrogens is 1. The Labute approximate surface area is 245 Å². The van der Waals surface area contributed by atoms with E-state index < -0.39 is 5.41 Å². The summed E-state index contributed by atoms with van der Waals surface area (Å²) in [5, 5.41) is 4.45. The number of hydrogen-bond donors (Lipinski definition) is 1. The monoisotopic (exact) mass is 583 g/mol. The molecular weight excluding hydrogens is 546 g/mol. The molecule has 214 valence electrons. The number of rotatable bonds is 9. The second kappa shape index (κ2) is 12.6. The van der Waals surface area contributed by atoms with Crippen molar-refractivity contribution in [1.82, 2.24) is 4.98 Å². The van der Waals surface area contributed by atoms with Gasteiger partial charge >= 0.3 is 5.97 Å². The van der Waals surface area contributed by atoms with Crippen LogP contribution in [-0.2, 0) is 9.53 Å². The summed E-state index contributed by atoms with van der Waals surface area (Å²) in [5.74, 6) is 0.603. The highest BCUT2D eigenvalue weighted by molar-refractivity contribution is 7.17. The van der Waals surface area contributed by atoms with Gasteiger partial charge in [0.05, 0.1) is 50.3 Å². The second-order valence-corrected chi connectivity index (χ2v) is 12.5. The first kappa shape index (κ1) is 29.9. The van der Waals surface area contributed by atoms with Gasteiger partial charge in [-0.25, -0.2) is 0 Å². The topological polar surface area (TPSA) is 71.6 Å². The van der Waals surface area contributed by atoms with Crippen molar-refractivity contribution in [1.29, 1.82) is 0 Å². The third-order valence-corrected chi connectivity index (χ3v) is 8.46. The third kappa shape index (κ3) is 6.97. The van der Waals surface area contributed by atoms with Crippen molar-refractivity contribution in [2.24, 2.45) is 5.41 Å². The third-order valence-electron chi connectivity index (χ3n) is 7.58. The van der Waals surface area contributed by atoms with Gasteiger partial charge in [-0.2, -0.15) is 0 Å². The highest BCUT2D eigenvalue weighted by Gasteiger charge is 2.35. The van der Waals surface area contributed by atoms with E-state index in [0.29, 0.717) is 13.3 Å². The zero-order valence-corrected chi connectivity index (χ0v) is 25.0. The van der Waals surface area contributed by atoms with Gasteiger partial charge in [-0.1, -0.05) is 6.07 Å². The molecule has 0 unspecified atom stereocenters. The van der Waals surface area contributed by atoms with E-state index in [-0.39, 0.29) is 23.9 Å². The molecule has 1 fully saturated rings. The summed E-state index contributed by atoms with van der Waals surface area (Å²) >= 11 is 1.78. The Morgan fingerprint density at radius 1 is 1.05 bits per heavy atom. The van der Waals surface area contributed by atoms with Crippen molar-refractivity contribution in [3.05, 3.63) is 70.3 Å². The number of carbonyl (C=O) groups excluding carboxylic acids is 1. The SMILES string of the molecule is CC(C)(C)C(=O)OC[N+]1(CCCCOc2ccc3ccc(=O)[nH]c3c2)CCN(c2cccc3sccc23)CC1.[Cl-]. The first-order chi connectivity index (χ1) is 18.7. The number of esters is 1. The molecule has 0 saturated carbocycles. The summed E-state index contributed by atoms with van der Waals surface area (Å²) in [7, 11) is 0. The zero-order valence-electron chi connectivity index (χ0n) is 23.5. The van der Waals surface area contributed by atoms with Crippen molar-refractivity contribution in [3.8, 4) is 5.75 Å². The number of benzene rings is 2. The zero-order chi connectivity index (χ0) is 27.5. The highest BCUT2D eigenvalue weighted by Crippen LogP contribution is 2.32. The molecule has 0 spiro atoms. The van der Waals surface area contributed by atoms with E-state index in [1.54, 1.807) is 11.3 Å². The first-order valence-corrected chi connectivity index (χ1v) is 14.6. The molecule has 1 saturated heterocycles. The van der Waals surface area contributed by atoms with Crippen LogP contribution >= 0.6 is 11.3 Å². The molecule has 3 heterocycles. The predicted molar refractivity (Wildman–Crippen MR) is 159 cm³/mol. The molecule has 40 heavy (non-hydrogen) atoms. The Hall–Kier alpha value is -3.07. The van der Waals surface area contributed by atoms with Gasteiger partial charge in [-0.05, 0) is 80.8 Å². The lowest BCUT2D eigenvalue weighted by molar-refractivity contribution is -0.944. The quantitative estimate of drug-likeness (QED) is 0.186. The van der Waals surface area contributed by atoms with Crippen molar-refractivity contribution in [2.75, 3.05) is 51.0 Å². The van der Waals surface area contributed by atoms with Crippen LogP contribution in [0.3, 0.4) is 0 Å². The maximum Gasteiger partial charge on any atom is 0.315 e. The summed E-state index contributed by atoms with van der Waals surface area (Å²) in [4.78, 5) is 29.6. The van der Waals surface area contributed by atoms with E-state index >= 15 is 0 Å². The number of piperazine rings is 1. The minimum atomic E-state index is -0.515. The van der Waals surface area contributed by atoms with Crippen molar-refractivity contribution < 1.29 is 31.2 Å². The Morgan fingerprint density at radius 2 is 1.82 bits per heavy atom. The van der Waals surface area contributed by atoms with Crippen molar-refractivity contribution in [3.63, 3.8) is 0 Å².